The van der Waals surface area contributed by atoms with Crippen molar-refractivity contribution in [3.05, 3.63) is 23.8 Å². The standard InChI is InChI=1S/C15H22N2O4/c1-9(13(18)17-15(2,3)4)21-14(19)11-8-10(20-5)6-7-12(11)16/h6-9H,16H2,1-5H3,(H,17,18). The van der Waals surface area contributed by atoms with Crippen LogP contribution < -0.4 is 15.8 Å². The predicted molar refractivity (Wildman–Crippen MR) is 80.2 cm³/mol. The SMILES string of the molecule is COc1ccc(N)c(C(=O)OC(C)C(=O)NC(C)(C)C)c1. The monoisotopic (exact) mass is 294 g/mol. The Morgan fingerprint density at radius 2 is 1.90 bits per heavy atom. The molecule has 6 heteroatoms. The Morgan fingerprint density at radius 3 is 2.43 bits per heavy atom. The number of hydrogen-bond acceptors (Lipinski definition) is 5. The summed E-state index contributed by atoms with van der Waals surface area (Å²) < 4.78 is 10.2. The summed E-state index contributed by atoms with van der Waals surface area (Å²) in [5.41, 5.74) is 5.78. The number of rotatable bonds is 4. The molecule has 0 aliphatic carbocycles. The molecule has 1 aromatic carbocycles. The fourth-order valence-electron chi connectivity index (χ4n) is 1.59. The first-order chi connectivity index (χ1) is 9.64. The van der Waals surface area contributed by atoms with E-state index in [-0.39, 0.29) is 17.2 Å². The maximum absolute atomic E-state index is 12.1. The Kier molecular flexibility index (Phi) is 5.18. The van der Waals surface area contributed by atoms with Crippen molar-refractivity contribution in [1.29, 1.82) is 0 Å². The highest BCUT2D eigenvalue weighted by atomic mass is 16.5. The molecular weight excluding hydrogens is 272 g/mol. The van der Waals surface area contributed by atoms with Crippen LogP contribution in [-0.2, 0) is 9.53 Å². The van der Waals surface area contributed by atoms with Crippen molar-refractivity contribution in [2.45, 2.75) is 39.3 Å². The van der Waals surface area contributed by atoms with E-state index in [1.807, 2.05) is 20.8 Å². The highest BCUT2D eigenvalue weighted by Crippen LogP contribution is 2.20. The van der Waals surface area contributed by atoms with Gasteiger partial charge in [-0.3, -0.25) is 4.79 Å². The van der Waals surface area contributed by atoms with Crippen LogP contribution in [0.25, 0.3) is 0 Å². The van der Waals surface area contributed by atoms with Gasteiger partial charge in [-0.05, 0) is 45.9 Å². The van der Waals surface area contributed by atoms with Crippen LogP contribution in [0.15, 0.2) is 18.2 Å². The van der Waals surface area contributed by atoms with Crippen LogP contribution in [0.1, 0.15) is 38.1 Å². The number of anilines is 1. The highest BCUT2D eigenvalue weighted by Gasteiger charge is 2.23. The molecule has 1 aromatic rings. The summed E-state index contributed by atoms with van der Waals surface area (Å²) in [6.07, 6.45) is -0.915. The molecular formula is C15H22N2O4. The summed E-state index contributed by atoms with van der Waals surface area (Å²) in [7, 11) is 1.49. The summed E-state index contributed by atoms with van der Waals surface area (Å²) in [5, 5.41) is 2.74. The molecule has 0 aliphatic heterocycles. The van der Waals surface area contributed by atoms with E-state index in [0.29, 0.717) is 5.75 Å². The lowest BCUT2D eigenvalue weighted by Crippen LogP contribution is -2.46. The third kappa shape index (κ3) is 4.98. The van der Waals surface area contributed by atoms with Gasteiger partial charge < -0.3 is 20.5 Å². The maximum Gasteiger partial charge on any atom is 0.341 e. The van der Waals surface area contributed by atoms with Crippen molar-refractivity contribution >= 4 is 17.6 Å². The molecule has 0 fully saturated rings. The number of carbonyl (C=O) groups excluding carboxylic acids is 2. The molecule has 0 spiro atoms. The number of nitrogen functional groups attached to an aromatic ring is 1. The number of esters is 1. The van der Waals surface area contributed by atoms with Crippen molar-refractivity contribution in [1.82, 2.24) is 5.32 Å². The Bertz CT molecular complexity index is 535. The highest BCUT2D eigenvalue weighted by molar-refractivity contribution is 5.97. The van der Waals surface area contributed by atoms with E-state index in [1.54, 1.807) is 12.1 Å². The topological polar surface area (TPSA) is 90.7 Å². The van der Waals surface area contributed by atoms with E-state index >= 15 is 0 Å². The molecule has 116 valence electrons. The van der Waals surface area contributed by atoms with E-state index < -0.39 is 17.6 Å². The van der Waals surface area contributed by atoms with Gasteiger partial charge in [-0.1, -0.05) is 0 Å². The summed E-state index contributed by atoms with van der Waals surface area (Å²) >= 11 is 0. The van der Waals surface area contributed by atoms with Crippen molar-refractivity contribution < 1.29 is 19.1 Å². The number of hydrogen-bond donors (Lipinski definition) is 2. The van der Waals surface area contributed by atoms with Gasteiger partial charge in [0.15, 0.2) is 6.10 Å². The van der Waals surface area contributed by atoms with Gasteiger partial charge in [0, 0.05) is 11.2 Å². The van der Waals surface area contributed by atoms with Crippen LogP contribution in [0, 0.1) is 0 Å². The van der Waals surface area contributed by atoms with Gasteiger partial charge in [-0.2, -0.15) is 0 Å². The molecule has 1 rings (SSSR count). The average Bonchev–Trinajstić information content (AvgIpc) is 2.37. The summed E-state index contributed by atoms with van der Waals surface area (Å²) in [4.78, 5) is 24.0. The van der Waals surface area contributed by atoms with Gasteiger partial charge in [0.2, 0.25) is 0 Å². The van der Waals surface area contributed by atoms with E-state index in [9.17, 15) is 9.59 Å². The number of benzene rings is 1. The molecule has 0 aliphatic rings. The minimum absolute atomic E-state index is 0.171. The Balaban J connectivity index is 2.79. The van der Waals surface area contributed by atoms with Crippen LogP contribution in [0.5, 0.6) is 5.75 Å². The Hall–Kier alpha value is -2.24. The fourth-order valence-corrected chi connectivity index (χ4v) is 1.59. The zero-order chi connectivity index (χ0) is 16.2. The normalized spacial score (nSPS) is 12.4. The third-order valence-corrected chi connectivity index (χ3v) is 2.63. The van der Waals surface area contributed by atoms with E-state index in [0.717, 1.165) is 0 Å². The summed E-state index contributed by atoms with van der Waals surface area (Å²) in [6, 6.07) is 4.67. The molecule has 3 N–H and O–H groups in total. The quantitative estimate of drug-likeness (QED) is 0.652. The molecule has 21 heavy (non-hydrogen) atoms. The molecule has 1 atom stereocenters. The van der Waals surface area contributed by atoms with Crippen LogP contribution in [0.2, 0.25) is 0 Å². The molecule has 1 amide bonds. The Morgan fingerprint density at radius 1 is 1.29 bits per heavy atom. The lowest BCUT2D eigenvalue weighted by Gasteiger charge is -2.23. The van der Waals surface area contributed by atoms with Crippen molar-refractivity contribution in [2.75, 3.05) is 12.8 Å². The number of nitrogens with one attached hydrogen (secondary N) is 1. The van der Waals surface area contributed by atoms with E-state index in [2.05, 4.69) is 5.32 Å². The van der Waals surface area contributed by atoms with Gasteiger partial charge in [0.1, 0.15) is 5.75 Å². The number of nitrogens with two attached hydrogens (primary N) is 1. The molecule has 0 saturated heterocycles. The number of carbonyl (C=O) groups is 2. The minimum Gasteiger partial charge on any atom is -0.497 e. The van der Waals surface area contributed by atoms with Gasteiger partial charge in [0.25, 0.3) is 5.91 Å². The third-order valence-electron chi connectivity index (χ3n) is 2.63. The zero-order valence-corrected chi connectivity index (χ0v) is 13.0. The predicted octanol–water partition coefficient (Wildman–Crippen LogP) is 1.74. The van der Waals surface area contributed by atoms with Crippen LogP contribution in [-0.4, -0.2) is 30.6 Å². The molecule has 0 saturated carbocycles. The van der Waals surface area contributed by atoms with Crippen molar-refractivity contribution in [3.63, 3.8) is 0 Å². The molecule has 6 nitrogen and oxygen atoms in total. The van der Waals surface area contributed by atoms with Gasteiger partial charge in [-0.15, -0.1) is 0 Å². The van der Waals surface area contributed by atoms with Crippen LogP contribution in [0.3, 0.4) is 0 Å². The molecule has 0 bridgehead atoms. The Labute approximate surface area is 124 Å². The first-order valence-electron chi connectivity index (χ1n) is 6.60. The molecule has 0 radical (unpaired) electrons. The first kappa shape index (κ1) is 16.8. The van der Waals surface area contributed by atoms with Gasteiger partial charge in [-0.25, -0.2) is 4.79 Å². The second-order valence-electron chi connectivity index (χ2n) is 5.74. The fraction of sp³-hybridized carbons (Fsp3) is 0.467. The number of ether oxygens (including phenoxy) is 2. The number of methoxy groups -OCH3 is 1. The number of amides is 1. The lowest BCUT2D eigenvalue weighted by atomic mass is 10.1. The average molecular weight is 294 g/mol. The lowest BCUT2D eigenvalue weighted by molar-refractivity contribution is -0.130. The summed E-state index contributed by atoms with van der Waals surface area (Å²) in [6.45, 7) is 7.05. The zero-order valence-electron chi connectivity index (χ0n) is 13.0. The van der Waals surface area contributed by atoms with Crippen molar-refractivity contribution in [2.24, 2.45) is 0 Å². The molecule has 0 heterocycles. The van der Waals surface area contributed by atoms with E-state index in [4.69, 9.17) is 15.2 Å². The second kappa shape index (κ2) is 6.47. The van der Waals surface area contributed by atoms with E-state index in [1.165, 1.54) is 20.1 Å². The second-order valence-corrected chi connectivity index (χ2v) is 5.74. The van der Waals surface area contributed by atoms with Gasteiger partial charge >= 0.3 is 5.97 Å². The minimum atomic E-state index is -0.915. The summed E-state index contributed by atoms with van der Waals surface area (Å²) in [5.74, 6) is -0.539. The van der Waals surface area contributed by atoms with Gasteiger partial charge in [0.05, 0.1) is 12.7 Å². The molecule has 1 unspecified atom stereocenters. The van der Waals surface area contributed by atoms with Crippen LogP contribution >= 0.6 is 0 Å². The maximum atomic E-state index is 12.1. The van der Waals surface area contributed by atoms with Crippen molar-refractivity contribution in [3.8, 4) is 5.75 Å². The molecule has 0 aromatic heterocycles. The smallest absolute Gasteiger partial charge is 0.341 e. The first-order valence-corrected chi connectivity index (χ1v) is 6.60. The van der Waals surface area contributed by atoms with Crippen LogP contribution in [0.4, 0.5) is 5.69 Å². The largest absolute Gasteiger partial charge is 0.497 e.